The van der Waals surface area contributed by atoms with Crippen LogP contribution in [0.1, 0.15) is 28.3 Å². The molecule has 1 aromatic rings. The van der Waals surface area contributed by atoms with E-state index in [4.69, 9.17) is 0 Å². The van der Waals surface area contributed by atoms with Gasteiger partial charge in [0.2, 0.25) is 0 Å². The van der Waals surface area contributed by atoms with Crippen LogP contribution in [-0.4, -0.2) is 23.8 Å². The van der Waals surface area contributed by atoms with Gasteiger partial charge in [-0.15, -0.1) is 0 Å². The van der Waals surface area contributed by atoms with Crippen molar-refractivity contribution in [3.05, 3.63) is 39.4 Å². The van der Waals surface area contributed by atoms with E-state index < -0.39 is 16.8 Å². The summed E-state index contributed by atoms with van der Waals surface area (Å²) in [4.78, 5) is 33.1. The first-order valence-corrected chi connectivity index (χ1v) is 4.94. The predicted octanol–water partition coefficient (Wildman–Crippen LogP) is 1.44. The van der Waals surface area contributed by atoms with Crippen molar-refractivity contribution in [1.29, 1.82) is 0 Å². The number of carbonyl (C=O) groups excluding carboxylic acids is 2. The predicted molar refractivity (Wildman–Crippen MR) is 56.8 cm³/mol. The van der Waals surface area contributed by atoms with Crippen LogP contribution in [0.5, 0.6) is 0 Å². The lowest BCUT2D eigenvalue weighted by Gasteiger charge is -2.07. The molecule has 0 heterocycles. The summed E-state index contributed by atoms with van der Waals surface area (Å²) in [7, 11) is 1.25. The monoisotopic (exact) mass is 235 g/mol. The molecule has 1 atom stereocenters. The summed E-state index contributed by atoms with van der Waals surface area (Å²) in [5.41, 5.74) is 0.602. The van der Waals surface area contributed by atoms with Crippen molar-refractivity contribution in [3.63, 3.8) is 0 Å². The number of nitrogens with zero attached hydrogens (tertiary/aromatic N) is 1. The molecule has 1 aliphatic carbocycles. The van der Waals surface area contributed by atoms with Gasteiger partial charge >= 0.3 is 5.97 Å². The summed E-state index contributed by atoms with van der Waals surface area (Å²) >= 11 is 0. The number of nitro benzene ring substituents is 1. The van der Waals surface area contributed by atoms with Crippen molar-refractivity contribution in [3.8, 4) is 0 Å². The largest absolute Gasteiger partial charge is 0.469 e. The standard InChI is InChI=1S/C11H9NO5/c1-17-11(14)9-5-10(13)8-4-6(12(15)16)2-3-7(8)9/h2-4,9H,5H2,1H3/t9-/m1/s1. The number of ether oxygens (including phenoxy) is 1. The molecule has 0 unspecified atom stereocenters. The number of nitro groups is 1. The van der Waals surface area contributed by atoms with Crippen molar-refractivity contribution in [2.24, 2.45) is 0 Å². The Labute approximate surface area is 96.3 Å². The number of benzene rings is 1. The van der Waals surface area contributed by atoms with E-state index in [-0.39, 0.29) is 23.5 Å². The second-order valence-electron chi connectivity index (χ2n) is 3.73. The number of esters is 1. The number of fused-ring (bicyclic) bond motifs is 1. The Morgan fingerprint density at radius 2 is 2.24 bits per heavy atom. The minimum absolute atomic E-state index is 0.0170. The van der Waals surface area contributed by atoms with Gasteiger partial charge in [-0.25, -0.2) is 0 Å². The van der Waals surface area contributed by atoms with E-state index in [1.807, 2.05) is 0 Å². The molecule has 0 amide bonds. The molecular formula is C11H9NO5. The molecule has 0 aromatic heterocycles. The van der Waals surface area contributed by atoms with E-state index in [9.17, 15) is 19.7 Å². The van der Waals surface area contributed by atoms with Gasteiger partial charge in [-0.05, 0) is 5.56 Å². The Kier molecular flexibility index (Phi) is 2.63. The Hall–Kier alpha value is -2.24. The van der Waals surface area contributed by atoms with E-state index in [0.717, 1.165) is 0 Å². The molecule has 0 N–H and O–H groups in total. The number of hydrogen-bond acceptors (Lipinski definition) is 5. The fourth-order valence-electron chi connectivity index (χ4n) is 1.96. The van der Waals surface area contributed by atoms with Crippen molar-refractivity contribution in [2.45, 2.75) is 12.3 Å². The van der Waals surface area contributed by atoms with E-state index in [0.29, 0.717) is 5.56 Å². The number of carbonyl (C=O) groups is 2. The summed E-state index contributed by atoms with van der Waals surface area (Å²) in [6, 6.07) is 3.94. The van der Waals surface area contributed by atoms with Gasteiger partial charge in [0.05, 0.1) is 18.0 Å². The summed E-state index contributed by atoms with van der Waals surface area (Å²) in [6.45, 7) is 0. The van der Waals surface area contributed by atoms with Crippen molar-refractivity contribution in [1.82, 2.24) is 0 Å². The molecule has 88 valence electrons. The highest BCUT2D eigenvalue weighted by Gasteiger charge is 2.36. The molecule has 0 spiro atoms. The van der Waals surface area contributed by atoms with Gasteiger partial charge in [0.25, 0.3) is 5.69 Å². The number of rotatable bonds is 2. The first kappa shape index (κ1) is 11.3. The van der Waals surface area contributed by atoms with Crippen LogP contribution in [0.3, 0.4) is 0 Å². The van der Waals surface area contributed by atoms with Crippen LogP contribution in [0.25, 0.3) is 0 Å². The molecule has 17 heavy (non-hydrogen) atoms. The third-order valence-electron chi connectivity index (χ3n) is 2.80. The first-order valence-electron chi connectivity index (χ1n) is 4.94. The third kappa shape index (κ3) is 1.77. The van der Waals surface area contributed by atoms with Crippen LogP contribution < -0.4 is 0 Å². The molecule has 6 nitrogen and oxygen atoms in total. The molecule has 6 heteroatoms. The maximum Gasteiger partial charge on any atom is 0.313 e. The number of hydrogen-bond donors (Lipinski definition) is 0. The molecule has 0 radical (unpaired) electrons. The Morgan fingerprint density at radius 3 is 2.82 bits per heavy atom. The molecule has 0 saturated heterocycles. The summed E-state index contributed by atoms with van der Waals surface area (Å²) < 4.78 is 4.59. The van der Waals surface area contributed by atoms with Gasteiger partial charge in [0.1, 0.15) is 0 Å². The lowest BCUT2D eigenvalue weighted by molar-refractivity contribution is -0.384. The molecule has 0 fully saturated rings. The molecule has 2 rings (SSSR count). The summed E-state index contributed by atoms with van der Waals surface area (Å²) in [5.74, 6) is -1.40. The highest BCUT2D eigenvalue weighted by atomic mass is 16.6. The molecular weight excluding hydrogens is 226 g/mol. The van der Waals surface area contributed by atoms with Gasteiger partial charge in [-0.3, -0.25) is 19.7 Å². The maximum atomic E-state index is 11.6. The van der Waals surface area contributed by atoms with E-state index in [2.05, 4.69) is 4.74 Å². The van der Waals surface area contributed by atoms with Crippen LogP contribution in [0.2, 0.25) is 0 Å². The van der Waals surface area contributed by atoms with Crippen LogP contribution in [0, 0.1) is 10.1 Å². The van der Waals surface area contributed by atoms with E-state index in [1.165, 1.54) is 25.3 Å². The zero-order valence-electron chi connectivity index (χ0n) is 9.00. The van der Waals surface area contributed by atoms with Gasteiger partial charge in [-0.1, -0.05) is 6.07 Å². The molecule has 0 aliphatic heterocycles. The van der Waals surface area contributed by atoms with Crippen LogP contribution in [-0.2, 0) is 9.53 Å². The smallest absolute Gasteiger partial charge is 0.313 e. The fourth-order valence-corrected chi connectivity index (χ4v) is 1.96. The lowest BCUT2D eigenvalue weighted by Crippen LogP contribution is -2.11. The quantitative estimate of drug-likeness (QED) is 0.439. The Morgan fingerprint density at radius 1 is 1.53 bits per heavy atom. The van der Waals surface area contributed by atoms with E-state index in [1.54, 1.807) is 0 Å². The number of Topliss-reactive ketones (excluding diaryl/α,β-unsaturated/α-hetero) is 1. The second kappa shape index (κ2) is 3.97. The van der Waals surface area contributed by atoms with Gasteiger partial charge < -0.3 is 4.74 Å². The molecule has 0 bridgehead atoms. The third-order valence-corrected chi connectivity index (χ3v) is 2.80. The topological polar surface area (TPSA) is 86.5 Å². The minimum Gasteiger partial charge on any atom is -0.469 e. The number of methoxy groups -OCH3 is 1. The zero-order chi connectivity index (χ0) is 12.6. The summed E-state index contributed by atoms with van der Waals surface area (Å²) in [5, 5.41) is 10.6. The average molecular weight is 235 g/mol. The number of ketones is 1. The maximum absolute atomic E-state index is 11.6. The summed E-state index contributed by atoms with van der Waals surface area (Å²) in [6.07, 6.45) is 0.0170. The fraction of sp³-hybridized carbons (Fsp3) is 0.273. The first-order chi connectivity index (χ1) is 8.04. The Bertz CT molecular complexity index is 523. The highest BCUT2D eigenvalue weighted by Crippen LogP contribution is 2.35. The van der Waals surface area contributed by atoms with Gasteiger partial charge in [-0.2, -0.15) is 0 Å². The SMILES string of the molecule is COC(=O)[C@@H]1CC(=O)c2cc([N+](=O)[O-])ccc21. The average Bonchev–Trinajstić information content (AvgIpc) is 2.65. The van der Waals surface area contributed by atoms with Gasteiger partial charge in [0.15, 0.2) is 5.78 Å². The van der Waals surface area contributed by atoms with Gasteiger partial charge in [0, 0.05) is 24.1 Å². The highest BCUT2D eigenvalue weighted by molar-refractivity contribution is 6.06. The number of non-ortho nitro benzene ring substituents is 1. The lowest BCUT2D eigenvalue weighted by atomic mass is 10.0. The second-order valence-corrected chi connectivity index (χ2v) is 3.73. The van der Waals surface area contributed by atoms with Crippen LogP contribution in [0.15, 0.2) is 18.2 Å². The minimum atomic E-state index is -0.636. The van der Waals surface area contributed by atoms with Crippen LogP contribution >= 0.6 is 0 Å². The molecule has 0 saturated carbocycles. The van der Waals surface area contributed by atoms with Crippen molar-refractivity contribution < 1.29 is 19.2 Å². The van der Waals surface area contributed by atoms with Crippen LogP contribution in [0.4, 0.5) is 5.69 Å². The van der Waals surface area contributed by atoms with Crippen molar-refractivity contribution >= 4 is 17.4 Å². The Balaban J connectivity index is 2.47. The van der Waals surface area contributed by atoms with E-state index >= 15 is 0 Å². The molecule has 1 aromatic carbocycles. The zero-order valence-corrected chi connectivity index (χ0v) is 9.00. The normalized spacial score (nSPS) is 17.7. The van der Waals surface area contributed by atoms with Crippen molar-refractivity contribution in [2.75, 3.05) is 7.11 Å². The molecule has 1 aliphatic rings.